The lowest BCUT2D eigenvalue weighted by atomic mass is 10.1. The summed E-state index contributed by atoms with van der Waals surface area (Å²) in [6, 6.07) is 16.6. The summed E-state index contributed by atoms with van der Waals surface area (Å²) < 4.78 is 21.6. The Morgan fingerprint density at radius 3 is 2.64 bits per heavy atom. The zero-order chi connectivity index (χ0) is 22.8. The largest absolute Gasteiger partial charge is 0.497 e. The monoisotopic (exact) mass is 463 g/mol. The number of anilines is 1. The van der Waals surface area contributed by atoms with Crippen molar-refractivity contribution in [1.29, 1.82) is 0 Å². The molecule has 2 aromatic heterocycles. The Bertz CT molecular complexity index is 1350. The van der Waals surface area contributed by atoms with Gasteiger partial charge in [-0.2, -0.15) is 0 Å². The lowest BCUT2D eigenvalue weighted by Crippen LogP contribution is -2.35. The smallest absolute Gasteiger partial charge is 0.253 e. The van der Waals surface area contributed by atoms with Crippen molar-refractivity contribution in [3.8, 4) is 17.2 Å². The third kappa shape index (κ3) is 4.49. The number of fused-ring (bicyclic) bond motifs is 2. The molecule has 9 heteroatoms. The molecule has 8 nitrogen and oxygen atoms in total. The van der Waals surface area contributed by atoms with Gasteiger partial charge in [0.05, 0.1) is 32.0 Å². The van der Waals surface area contributed by atoms with Gasteiger partial charge in [0.15, 0.2) is 16.6 Å². The summed E-state index contributed by atoms with van der Waals surface area (Å²) in [5, 5.41) is 4.54. The van der Waals surface area contributed by atoms with E-state index in [2.05, 4.69) is 10.3 Å². The Labute approximate surface area is 194 Å². The Hall–Kier alpha value is -3.98. The van der Waals surface area contributed by atoms with E-state index in [1.165, 1.54) is 0 Å². The number of aromatic nitrogens is 1. The molecule has 2 N–H and O–H groups in total. The predicted octanol–water partition coefficient (Wildman–Crippen LogP) is 4.26. The van der Waals surface area contributed by atoms with Crippen LogP contribution in [0.2, 0.25) is 0 Å². The summed E-state index contributed by atoms with van der Waals surface area (Å²) in [5.74, 6) is 2.76. The number of ether oxygens (including phenoxy) is 3. The third-order valence-corrected chi connectivity index (χ3v) is 5.69. The predicted molar refractivity (Wildman–Crippen MR) is 128 cm³/mol. The van der Waals surface area contributed by atoms with Crippen LogP contribution in [0.4, 0.5) is 5.69 Å². The summed E-state index contributed by atoms with van der Waals surface area (Å²) in [5.41, 5.74) is 1.86. The van der Waals surface area contributed by atoms with Crippen LogP contribution in [0.3, 0.4) is 0 Å². The summed E-state index contributed by atoms with van der Waals surface area (Å²) in [6.45, 7) is 0.848. The molecule has 0 spiro atoms. The van der Waals surface area contributed by atoms with Gasteiger partial charge in [0.25, 0.3) is 5.56 Å². The summed E-state index contributed by atoms with van der Waals surface area (Å²) in [6.07, 6.45) is 1.61. The van der Waals surface area contributed by atoms with Crippen LogP contribution < -0.4 is 25.1 Å². The fourth-order valence-electron chi connectivity index (χ4n) is 3.63. The van der Waals surface area contributed by atoms with Crippen LogP contribution in [-0.2, 0) is 13.1 Å². The van der Waals surface area contributed by atoms with Crippen LogP contribution in [-0.4, -0.2) is 28.9 Å². The highest BCUT2D eigenvalue weighted by molar-refractivity contribution is 7.80. The Balaban J connectivity index is 1.43. The van der Waals surface area contributed by atoms with Gasteiger partial charge in [-0.3, -0.25) is 4.79 Å². The average Bonchev–Trinajstić information content (AvgIpc) is 3.50. The molecular formula is C24H21N3O5S. The van der Waals surface area contributed by atoms with E-state index in [4.69, 9.17) is 30.8 Å². The van der Waals surface area contributed by atoms with Gasteiger partial charge in [-0.25, -0.2) is 0 Å². The molecule has 0 atom stereocenters. The summed E-state index contributed by atoms with van der Waals surface area (Å²) in [7, 11) is 1.62. The van der Waals surface area contributed by atoms with Crippen molar-refractivity contribution in [2.45, 2.75) is 13.1 Å². The maximum Gasteiger partial charge on any atom is 0.253 e. The molecule has 0 aliphatic carbocycles. The van der Waals surface area contributed by atoms with E-state index in [1.807, 2.05) is 53.4 Å². The normalized spacial score (nSPS) is 12.0. The van der Waals surface area contributed by atoms with Gasteiger partial charge in [0.2, 0.25) is 6.79 Å². The SMILES string of the molecule is COc1ccc(NC(=S)N(Cc2ccco2)Cc2cc3cc4c(cc3[nH]c2=O)OCO4)cc1. The Morgan fingerprint density at radius 1 is 1.12 bits per heavy atom. The highest BCUT2D eigenvalue weighted by Crippen LogP contribution is 2.35. The van der Waals surface area contributed by atoms with Gasteiger partial charge in [-0.15, -0.1) is 0 Å². The van der Waals surface area contributed by atoms with Crippen LogP contribution in [0.15, 0.2) is 70.1 Å². The van der Waals surface area contributed by atoms with Crippen molar-refractivity contribution < 1.29 is 18.6 Å². The van der Waals surface area contributed by atoms with E-state index in [9.17, 15) is 4.79 Å². The first-order valence-corrected chi connectivity index (χ1v) is 10.7. The van der Waals surface area contributed by atoms with E-state index in [0.29, 0.717) is 34.2 Å². The zero-order valence-corrected chi connectivity index (χ0v) is 18.6. The van der Waals surface area contributed by atoms with Gasteiger partial charge in [0, 0.05) is 22.7 Å². The van der Waals surface area contributed by atoms with Crippen molar-refractivity contribution in [2.24, 2.45) is 0 Å². The number of aromatic amines is 1. The molecule has 33 heavy (non-hydrogen) atoms. The Morgan fingerprint density at radius 2 is 1.91 bits per heavy atom. The first-order valence-electron chi connectivity index (χ1n) is 10.3. The Kier molecular flexibility index (Phi) is 5.62. The van der Waals surface area contributed by atoms with Gasteiger partial charge < -0.3 is 33.8 Å². The lowest BCUT2D eigenvalue weighted by molar-refractivity contribution is 0.174. The van der Waals surface area contributed by atoms with Gasteiger partial charge in [-0.1, -0.05) is 0 Å². The minimum absolute atomic E-state index is 0.172. The third-order valence-electron chi connectivity index (χ3n) is 5.33. The molecule has 1 aliphatic rings. The number of thiocarbonyl (C=S) groups is 1. The average molecular weight is 464 g/mol. The van der Waals surface area contributed by atoms with E-state index in [1.54, 1.807) is 19.4 Å². The maximum atomic E-state index is 12.9. The van der Waals surface area contributed by atoms with Crippen LogP contribution in [0.25, 0.3) is 10.9 Å². The molecule has 0 bridgehead atoms. The molecule has 3 heterocycles. The first kappa shape index (κ1) is 20.9. The van der Waals surface area contributed by atoms with Crippen LogP contribution in [0.1, 0.15) is 11.3 Å². The van der Waals surface area contributed by atoms with E-state index in [0.717, 1.165) is 22.6 Å². The minimum Gasteiger partial charge on any atom is -0.497 e. The molecule has 5 rings (SSSR count). The fourth-order valence-corrected chi connectivity index (χ4v) is 3.88. The van der Waals surface area contributed by atoms with E-state index in [-0.39, 0.29) is 18.9 Å². The minimum atomic E-state index is -0.196. The first-order chi connectivity index (χ1) is 16.1. The van der Waals surface area contributed by atoms with Crippen LogP contribution in [0.5, 0.6) is 17.2 Å². The molecule has 0 saturated carbocycles. The number of nitrogens with zero attached hydrogens (tertiary/aromatic N) is 1. The zero-order valence-electron chi connectivity index (χ0n) is 17.8. The molecule has 0 amide bonds. The molecule has 0 fully saturated rings. The molecule has 2 aromatic carbocycles. The van der Waals surface area contributed by atoms with Gasteiger partial charge >= 0.3 is 0 Å². The van der Waals surface area contributed by atoms with Crippen LogP contribution in [0, 0.1) is 0 Å². The summed E-state index contributed by atoms with van der Waals surface area (Å²) in [4.78, 5) is 17.7. The van der Waals surface area contributed by atoms with Crippen molar-refractivity contribution in [2.75, 3.05) is 19.2 Å². The second kappa shape index (κ2) is 8.87. The summed E-state index contributed by atoms with van der Waals surface area (Å²) >= 11 is 5.69. The highest BCUT2D eigenvalue weighted by Gasteiger charge is 2.18. The van der Waals surface area contributed by atoms with Crippen LogP contribution >= 0.6 is 12.2 Å². The molecule has 0 saturated heterocycles. The quantitative estimate of drug-likeness (QED) is 0.410. The number of H-pyrrole nitrogens is 1. The molecule has 0 radical (unpaired) electrons. The molecule has 1 aliphatic heterocycles. The van der Waals surface area contributed by atoms with Crippen molar-refractivity contribution in [3.63, 3.8) is 0 Å². The number of methoxy groups -OCH3 is 1. The van der Waals surface area contributed by atoms with E-state index < -0.39 is 0 Å². The lowest BCUT2D eigenvalue weighted by Gasteiger charge is -2.25. The number of rotatable bonds is 6. The number of furan rings is 1. The number of hydrogen-bond donors (Lipinski definition) is 2. The second-order valence-electron chi connectivity index (χ2n) is 7.51. The maximum absolute atomic E-state index is 12.9. The highest BCUT2D eigenvalue weighted by atomic mass is 32.1. The fraction of sp³-hybridized carbons (Fsp3) is 0.167. The number of pyridine rings is 1. The van der Waals surface area contributed by atoms with Crippen molar-refractivity contribution >= 4 is 33.9 Å². The number of benzene rings is 2. The molecule has 168 valence electrons. The van der Waals surface area contributed by atoms with E-state index >= 15 is 0 Å². The number of hydrogen-bond acceptors (Lipinski definition) is 6. The standard InChI is InChI=1S/C24H21N3O5S/c1-29-18-6-4-17(5-7-18)25-24(33)27(13-19-3-2-8-30-19)12-16-9-15-10-21-22(32-14-31-21)11-20(15)26-23(16)28/h2-11H,12-14H2,1H3,(H,25,33)(H,26,28). The second-order valence-corrected chi connectivity index (χ2v) is 7.90. The molecule has 4 aromatic rings. The van der Waals surface area contributed by atoms with Gasteiger partial charge in [0.1, 0.15) is 11.5 Å². The van der Waals surface area contributed by atoms with Gasteiger partial charge in [-0.05, 0) is 60.7 Å². The molecule has 0 unspecified atom stereocenters. The topological polar surface area (TPSA) is 89.0 Å². The molecular weight excluding hydrogens is 442 g/mol. The van der Waals surface area contributed by atoms with Crippen molar-refractivity contribution in [3.05, 3.63) is 82.5 Å². The van der Waals surface area contributed by atoms with Crippen molar-refractivity contribution in [1.82, 2.24) is 9.88 Å². The number of nitrogens with one attached hydrogen (secondary N) is 2.